The summed E-state index contributed by atoms with van der Waals surface area (Å²) in [5.41, 5.74) is 0. The molecular formula is C67H102O12. The standard InChI is InChI=1S/C67H102O12/c1-4-7-10-13-16-19-22-25-28-29-30-31-34-35-38-41-44-47-50-53-59(68)75-56-58(77-60(69)54-51-48-45-42-39-36-32-26-23-20-17-14-11-8-5-2)57-76-67-65(63(72)62(71)64(79-67)66(73)74)78-61(70)55-52-49-46-43-40-37-33-27-24-21-18-15-12-9-6-3/h7,9-10,12,16-21,25-28,30-33,35,38,40,43-44,47,58,62-65,67,71-72H,4-6,8,11,13-15,22-24,29,34,36-37,39,41-42,45-46,48-57H2,1-3H3,(H,73,74)/b10-7-,12-9-,19-16-,20-17-,21-18-,28-25-,31-30-,32-26-,33-27-,38-35-,43-40-,47-44-. The van der Waals surface area contributed by atoms with Gasteiger partial charge in [-0.15, -0.1) is 0 Å². The predicted octanol–water partition coefficient (Wildman–Crippen LogP) is 15.6. The number of esters is 3. The smallest absolute Gasteiger partial charge is 0.335 e. The second kappa shape index (κ2) is 53.3. The van der Waals surface area contributed by atoms with Crippen LogP contribution in [0, 0.1) is 0 Å². The Kier molecular flexibility index (Phi) is 48.3. The fourth-order valence-electron chi connectivity index (χ4n) is 7.88. The van der Waals surface area contributed by atoms with Crippen LogP contribution < -0.4 is 0 Å². The summed E-state index contributed by atoms with van der Waals surface area (Å²) in [5.74, 6) is -3.33. The summed E-state index contributed by atoms with van der Waals surface area (Å²) in [4.78, 5) is 51.1. The zero-order valence-corrected chi connectivity index (χ0v) is 48.5. The van der Waals surface area contributed by atoms with Crippen molar-refractivity contribution in [3.63, 3.8) is 0 Å². The minimum Gasteiger partial charge on any atom is -0.479 e. The topological polar surface area (TPSA) is 175 Å². The number of allylic oxidation sites excluding steroid dienone is 24. The Morgan fingerprint density at radius 1 is 0.430 bits per heavy atom. The summed E-state index contributed by atoms with van der Waals surface area (Å²) in [6, 6.07) is 0. The molecule has 0 aromatic rings. The van der Waals surface area contributed by atoms with E-state index in [0.717, 1.165) is 109 Å². The lowest BCUT2D eigenvalue weighted by Crippen LogP contribution is -2.61. The molecule has 0 spiro atoms. The number of aliphatic hydroxyl groups is 2. The van der Waals surface area contributed by atoms with E-state index < -0.39 is 67.3 Å². The van der Waals surface area contributed by atoms with Gasteiger partial charge in [-0.3, -0.25) is 14.4 Å². The molecular weight excluding hydrogens is 997 g/mol. The Hall–Kier alpha value is -5.40. The number of carbonyl (C=O) groups excluding carboxylic acids is 3. The average Bonchev–Trinajstić information content (AvgIpc) is 3.46. The molecule has 12 nitrogen and oxygen atoms in total. The van der Waals surface area contributed by atoms with Crippen LogP contribution in [0.5, 0.6) is 0 Å². The van der Waals surface area contributed by atoms with E-state index in [1.54, 1.807) is 0 Å². The zero-order chi connectivity index (χ0) is 57.5. The molecule has 0 saturated carbocycles. The minimum absolute atomic E-state index is 0.00908. The molecule has 1 aliphatic rings. The van der Waals surface area contributed by atoms with E-state index in [0.29, 0.717) is 32.1 Å². The van der Waals surface area contributed by atoms with Crippen molar-refractivity contribution in [3.05, 3.63) is 146 Å². The molecule has 0 aromatic carbocycles. The fraction of sp³-hybridized carbons (Fsp3) is 0.582. The van der Waals surface area contributed by atoms with E-state index >= 15 is 0 Å². The highest BCUT2D eigenvalue weighted by molar-refractivity contribution is 5.74. The number of carbonyl (C=O) groups is 4. The fourth-order valence-corrected chi connectivity index (χ4v) is 7.88. The third kappa shape index (κ3) is 43.1. The number of unbranched alkanes of at least 4 members (excludes halogenated alkanes) is 10. The highest BCUT2D eigenvalue weighted by Gasteiger charge is 2.50. The molecule has 0 amide bonds. The first-order chi connectivity index (χ1) is 38.6. The van der Waals surface area contributed by atoms with Crippen molar-refractivity contribution < 1.29 is 58.2 Å². The van der Waals surface area contributed by atoms with Crippen molar-refractivity contribution in [2.45, 2.75) is 237 Å². The van der Waals surface area contributed by atoms with Gasteiger partial charge in [-0.2, -0.15) is 0 Å². The van der Waals surface area contributed by atoms with Gasteiger partial charge in [0.25, 0.3) is 0 Å². The van der Waals surface area contributed by atoms with E-state index in [1.807, 2.05) is 12.2 Å². The number of aliphatic carboxylic acids is 1. The SMILES string of the molecule is CC/C=C\C/C=C\C/C=C\C/C=C\C/C=C\C/C=C\CCC(=O)OCC(COC1OC(C(=O)O)C(O)C(O)C1OC(=O)CCCC/C=C\C/C=C\C/C=C\C/C=C\CC)OC(=O)CCCCCCC/C=C\C/C=C\CCCCC. The zero-order valence-electron chi connectivity index (χ0n) is 48.5. The Bertz CT molecular complexity index is 1930. The Balaban J connectivity index is 2.78. The maximum Gasteiger partial charge on any atom is 0.335 e. The summed E-state index contributed by atoms with van der Waals surface area (Å²) in [6.45, 7) is 5.62. The van der Waals surface area contributed by atoms with E-state index in [9.17, 15) is 34.5 Å². The lowest BCUT2D eigenvalue weighted by Gasteiger charge is -2.40. The monoisotopic (exact) mass is 1100 g/mol. The van der Waals surface area contributed by atoms with Crippen LogP contribution in [0.2, 0.25) is 0 Å². The van der Waals surface area contributed by atoms with Crippen molar-refractivity contribution in [3.8, 4) is 0 Å². The molecule has 12 heteroatoms. The number of ether oxygens (including phenoxy) is 5. The highest BCUT2D eigenvalue weighted by Crippen LogP contribution is 2.26. The number of hydrogen-bond acceptors (Lipinski definition) is 11. The molecule has 79 heavy (non-hydrogen) atoms. The van der Waals surface area contributed by atoms with Crippen LogP contribution >= 0.6 is 0 Å². The normalized spacial score (nSPS) is 18.9. The van der Waals surface area contributed by atoms with Gasteiger partial charge in [0.2, 0.25) is 0 Å². The molecule has 1 rings (SSSR count). The summed E-state index contributed by atoms with van der Waals surface area (Å²) >= 11 is 0. The van der Waals surface area contributed by atoms with Gasteiger partial charge in [0.05, 0.1) is 6.61 Å². The van der Waals surface area contributed by atoms with Gasteiger partial charge >= 0.3 is 23.9 Å². The van der Waals surface area contributed by atoms with E-state index in [1.165, 1.54) is 19.3 Å². The van der Waals surface area contributed by atoms with E-state index in [4.69, 9.17) is 23.7 Å². The summed E-state index contributed by atoms with van der Waals surface area (Å²) < 4.78 is 28.3. The Morgan fingerprint density at radius 3 is 1.29 bits per heavy atom. The van der Waals surface area contributed by atoms with Gasteiger partial charge in [-0.25, -0.2) is 4.79 Å². The third-order valence-electron chi connectivity index (χ3n) is 12.4. The van der Waals surface area contributed by atoms with Crippen LogP contribution in [-0.2, 0) is 42.9 Å². The molecule has 6 atom stereocenters. The van der Waals surface area contributed by atoms with Gasteiger partial charge in [0.1, 0.15) is 18.8 Å². The molecule has 0 radical (unpaired) electrons. The molecule has 1 saturated heterocycles. The van der Waals surface area contributed by atoms with Crippen molar-refractivity contribution in [1.82, 2.24) is 0 Å². The first-order valence-corrected chi connectivity index (χ1v) is 29.8. The lowest BCUT2D eigenvalue weighted by atomic mass is 9.98. The van der Waals surface area contributed by atoms with Gasteiger partial charge in [0.15, 0.2) is 24.6 Å². The number of carboxylic acid groups (broad SMARTS) is 1. The highest BCUT2D eigenvalue weighted by atomic mass is 16.7. The Morgan fingerprint density at radius 2 is 0.823 bits per heavy atom. The van der Waals surface area contributed by atoms with Gasteiger partial charge < -0.3 is 39.0 Å². The van der Waals surface area contributed by atoms with Crippen molar-refractivity contribution >= 4 is 23.9 Å². The molecule has 1 aliphatic heterocycles. The lowest BCUT2D eigenvalue weighted by molar-refractivity contribution is -0.301. The molecule has 3 N–H and O–H groups in total. The second-order valence-corrected chi connectivity index (χ2v) is 19.5. The van der Waals surface area contributed by atoms with Gasteiger partial charge in [-0.1, -0.05) is 199 Å². The van der Waals surface area contributed by atoms with Crippen molar-refractivity contribution in [2.24, 2.45) is 0 Å². The van der Waals surface area contributed by atoms with E-state index in [-0.39, 0.29) is 25.9 Å². The van der Waals surface area contributed by atoms with E-state index in [2.05, 4.69) is 154 Å². The van der Waals surface area contributed by atoms with Crippen LogP contribution in [0.4, 0.5) is 0 Å². The molecule has 442 valence electrons. The van der Waals surface area contributed by atoms with Crippen LogP contribution in [-0.4, -0.2) is 89.2 Å². The first kappa shape index (κ1) is 71.6. The van der Waals surface area contributed by atoms with Gasteiger partial charge in [-0.05, 0) is 128 Å². The van der Waals surface area contributed by atoms with Crippen LogP contribution in [0.15, 0.2) is 146 Å². The summed E-state index contributed by atoms with van der Waals surface area (Å²) in [5, 5.41) is 31.5. The minimum atomic E-state index is -1.94. The third-order valence-corrected chi connectivity index (χ3v) is 12.4. The van der Waals surface area contributed by atoms with Crippen molar-refractivity contribution in [1.29, 1.82) is 0 Å². The van der Waals surface area contributed by atoms with Gasteiger partial charge in [0, 0.05) is 19.3 Å². The van der Waals surface area contributed by atoms with Crippen LogP contribution in [0.25, 0.3) is 0 Å². The molecule has 0 bridgehead atoms. The molecule has 0 aliphatic carbocycles. The number of carboxylic acids is 1. The number of aliphatic hydroxyl groups excluding tert-OH is 2. The quantitative estimate of drug-likeness (QED) is 0.0228. The second-order valence-electron chi connectivity index (χ2n) is 19.5. The summed E-state index contributed by atoms with van der Waals surface area (Å²) in [6.07, 6.45) is 64.0. The molecule has 1 fully saturated rings. The van der Waals surface area contributed by atoms with Crippen molar-refractivity contribution in [2.75, 3.05) is 13.2 Å². The number of rotatable bonds is 48. The largest absolute Gasteiger partial charge is 0.479 e. The Labute approximate surface area is 476 Å². The summed E-state index contributed by atoms with van der Waals surface area (Å²) in [7, 11) is 0. The number of hydrogen-bond donors (Lipinski definition) is 3. The van der Waals surface area contributed by atoms with Crippen LogP contribution in [0.1, 0.15) is 201 Å². The first-order valence-electron chi connectivity index (χ1n) is 29.8. The van der Waals surface area contributed by atoms with Crippen LogP contribution in [0.3, 0.4) is 0 Å². The predicted molar refractivity (Wildman–Crippen MR) is 321 cm³/mol. The molecule has 0 aromatic heterocycles. The molecule has 6 unspecified atom stereocenters. The maximum absolute atomic E-state index is 13.2. The molecule has 1 heterocycles. The average molecular weight is 1100 g/mol. The maximum atomic E-state index is 13.2.